The highest BCUT2D eigenvalue weighted by Crippen LogP contribution is 2.23. The number of nitrogens with zero attached hydrogens (tertiary/aromatic N) is 1. The molecule has 0 spiro atoms. The van der Waals surface area contributed by atoms with Crippen LogP contribution in [-0.4, -0.2) is 15.8 Å². The fourth-order valence-electron chi connectivity index (χ4n) is 1.96. The number of halogens is 2. The molecule has 0 saturated carbocycles. The maximum absolute atomic E-state index is 13.6. The topological polar surface area (TPSA) is 45.8 Å². The molecular formula is C14H8ClFN2O. The molecule has 0 fully saturated rings. The molecule has 0 aliphatic rings. The minimum atomic E-state index is -0.545. The third-order valence-corrected chi connectivity index (χ3v) is 3.07. The van der Waals surface area contributed by atoms with E-state index in [0.717, 1.165) is 0 Å². The number of hydrogen-bond donors (Lipinski definition) is 1. The lowest BCUT2D eigenvalue weighted by Gasteiger charge is -2.01. The van der Waals surface area contributed by atoms with E-state index in [-0.39, 0.29) is 5.56 Å². The molecule has 0 bridgehead atoms. The average Bonchev–Trinajstić information content (AvgIpc) is 2.81. The van der Waals surface area contributed by atoms with Crippen molar-refractivity contribution in [3.63, 3.8) is 0 Å². The van der Waals surface area contributed by atoms with Gasteiger partial charge < -0.3 is 4.98 Å². The van der Waals surface area contributed by atoms with Gasteiger partial charge in [-0.05, 0) is 18.2 Å². The lowest BCUT2D eigenvalue weighted by atomic mass is 10.0. The number of benzene rings is 1. The molecule has 0 aliphatic heterocycles. The third-order valence-electron chi connectivity index (χ3n) is 2.86. The van der Waals surface area contributed by atoms with E-state index in [9.17, 15) is 9.18 Å². The Labute approximate surface area is 113 Å². The van der Waals surface area contributed by atoms with Crippen molar-refractivity contribution in [1.82, 2.24) is 9.97 Å². The van der Waals surface area contributed by atoms with E-state index in [4.69, 9.17) is 11.6 Å². The fraction of sp³-hybridized carbons (Fsp3) is 0. The molecule has 19 heavy (non-hydrogen) atoms. The van der Waals surface area contributed by atoms with E-state index in [1.165, 1.54) is 24.5 Å². The van der Waals surface area contributed by atoms with Gasteiger partial charge in [-0.2, -0.15) is 0 Å². The van der Waals surface area contributed by atoms with Gasteiger partial charge in [0.2, 0.25) is 0 Å². The third kappa shape index (κ3) is 2.00. The number of ketones is 1. The van der Waals surface area contributed by atoms with Crippen LogP contribution in [0.3, 0.4) is 0 Å². The van der Waals surface area contributed by atoms with Crippen LogP contribution in [0.25, 0.3) is 11.0 Å². The van der Waals surface area contributed by atoms with Crippen molar-refractivity contribution >= 4 is 28.4 Å². The molecule has 0 aliphatic carbocycles. The van der Waals surface area contributed by atoms with Crippen LogP contribution in [-0.2, 0) is 0 Å². The molecule has 0 radical (unpaired) electrons. The van der Waals surface area contributed by atoms with Crippen molar-refractivity contribution < 1.29 is 9.18 Å². The summed E-state index contributed by atoms with van der Waals surface area (Å²) in [6, 6.07) is 7.51. The van der Waals surface area contributed by atoms with Gasteiger partial charge in [-0.3, -0.25) is 4.79 Å². The summed E-state index contributed by atoms with van der Waals surface area (Å²) in [5.74, 6) is -0.940. The van der Waals surface area contributed by atoms with Crippen molar-refractivity contribution in [2.75, 3.05) is 0 Å². The maximum Gasteiger partial charge on any atom is 0.198 e. The summed E-state index contributed by atoms with van der Waals surface area (Å²) in [6.07, 6.45) is 3.00. The lowest BCUT2D eigenvalue weighted by molar-refractivity contribution is 0.103. The molecule has 3 nitrogen and oxygen atoms in total. The minimum Gasteiger partial charge on any atom is -0.345 e. The summed E-state index contributed by atoms with van der Waals surface area (Å²) >= 11 is 5.87. The first-order chi connectivity index (χ1) is 9.16. The highest BCUT2D eigenvalue weighted by atomic mass is 35.5. The molecule has 2 aromatic heterocycles. The molecule has 3 rings (SSSR count). The van der Waals surface area contributed by atoms with Gasteiger partial charge >= 0.3 is 0 Å². The highest BCUT2D eigenvalue weighted by molar-refractivity contribution is 6.31. The smallest absolute Gasteiger partial charge is 0.198 e. The van der Waals surface area contributed by atoms with Crippen molar-refractivity contribution in [2.24, 2.45) is 0 Å². The van der Waals surface area contributed by atoms with E-state index in [1.807, 2.05) is 0 Å². The molecule has 0 unspecified atom stereocenters. The van der Waals surface area contributed by atoms with Crippen LogP contribution in [0.15, 0.2) is 42.7 Å². The summed E-state index contributed by atoms with van der Waals surface area (Å²) in [5, 5.41) is 1.01. The Bertz CT molecular complexity index is 782. The Morgan fingerprint density at radius 3 is 2.84 bits per heavy atom. The second-order valence-electron chi connectivity index (χ2n) is 4.06. The largest absolute Gasteiger partial charge is 0.345 e. The average molecular weight is 275 g/mol. The lowest BCUT2D eigenvalue weighted by Crippen LogP contribution is -2.03. The number of H-pyrrole nitrogens is 1. The number of hydrogen-bond acceptors (Lipinski definition) is 2. The van der Waals surface area contributed by atoms with Crippen LogP contribution in [0.1, 0.15) is 15.9 Å². The van der Waals surface area contributed by atoms with E-state index in [1.54, 1.807) is 18.2 Å². The number of fused-ring (bicyclic) bond motifs is 1. The van der Waals surface area contributed by atoms with Crippen LogP contribution >= 0.6 is 11.6 Å². The SMILES string of the molecule is O=C(c1ccccc1F)c1c[nH]c2ncc(Cl)cc12. The van der Waals surface area contributed by atoms with Gasteiger partial charge in [-0.1, -0.05) is 23.7 Å². The van der Waals surface area contributed by atoms with Crippen LogP contribution in [0, 0.1) is 5.82 Å². The first kappa shape index (κ1) is 11.9. The Hall–Kier alpha value is -2.20. The Kier molecular flexibility index (Phi) is 2.80. The first-order valence-corrected chi connectivity index (χ1v) is 5.96. The number of aromatic nitrogens is 2. The number of nitrogens with one attached hydrogen (secondary N) is 1. The van der Waals surface area contributed by atoms with Gasteiger partial charge in [0.15, 0.2) is 5.78 Å². The maximum atomic E-state index is 13.6. The quantitative estimate of drug-likeness (QED) is 0.726. The van der Waals surface area contributed by atoms with Crippen molar-refractivity contribution in [2.45, 2.75) is 0 Å². The van der Waals surface area contributed by atoms with Gasteiger partial charge in [0.25, 0.3) is 0 Å². The molecular weight excluding hydrogens is 267 g/mol. The van der Waals surface area contributed by atoms with E-state index in [0.29, 0.717) is 21.6 Å². The summed E-state index contributed by atoms with van der Waals surface area (Å²) in [6.45, 7) is 0. The number of carbonyl (C=O) groups excluding carboxylic acids is 1. The van der Waals surface area contributed by atoms with Gasteiger partial charge in [0.05, 0.1) is 10.6 Å². The summed E-state index contributed by atoms with van der Waals surface area (Å²) < 4.78 is 13.6. The Morgan fingerprint density at radius 1 is 1.26 bits per heavy atom. The molecule has 5 heteroatoms. The molecule has 2 heterocycles. The van der Waals surface area contributed by atoms with Gasteiger partial charge in [0.1, 0.15) is 11.5 Å². The van der Waals surface area contributed by atoms with Crippen LogP contribution < -0.4 is 0 Å². The molecule has 94 valence electrons. The van der Waals surface area contributed by atoms with E-state index in [2.05, 4.69) is 9.97 Å². The van der Waals surface area contributed by atoms with Crippen LogP contribution in [0.2, 0.25) is 5.02 Å². The number of aromatic amines is 1. The van der Waals surface area contributed by atoms with Crippen molar-refractivity contribution in [3.05, 3.63) is 64.7 Å². The first-order valence-electron chi connectivity index (χ1n) is 5.58. The Balaban J connectivity index is 2.17. The molecule has 3 aromatic rings. The summed E-state index contributed by atoms with van der Waals surface area (Å²) in [5.41, 5.74) is 0.933. The predicted octanol–water partition coefficient (Wildman–Crippen LogP) is 3.59. The minimum absolute atomic E-state index is 0.0309. The fourth-order valence-corrected chi connectivity index (χ4v) is 2.11. The zero-order valence-corrected chi connectivity index (χ0v) is 10.4. The second kappa shape index (κ2) is 4.48. The van der Waals surface area contributed by atoms with Crippen molar-refractivity contribution in [3.8, 4) is 0 Å². The molecule has 0 amide bonds. The molecule has 1 aromatic carbocycles. The zero-order valence-electron chi connectivity index (χ0n) is 9.65. The molecule has 1 N–H and O–H groups in total. The zero-order chi connectivity index (χ0) is 13.4. The van der Waals surface area contributed by atoms with Crippen LogP contribution in [0.5, 0.6) is 0 Å². The standard InChI is InChI=1S/C14H8ClFN2O/c15-8-5-10-11(7-18-14(10)17-6-8)13(19)9-3-1-2-4-12(9)16/h1-7H,(H,17,18). The highest BCUT2D eigenvalue weighted by Gasteiger charge is 2.17. The number of carbonyl (C=O) groups is 1. The van der Waals surface area contributed by atoms with Gasteiger partial charge in [-0.15, -0.1) is 0 Å². The van der Waals surface area contributed by atoms with Crippen LogP contribution in [0.4, 0.5) is 4.39 Å². The number of rotatable bonds is 2. The summed E-state index contributed by atoms with van der Waals surface area (Å²) in [7, 11) is 0. The van der Waals surface area contributed by atoms with Crippen molar-refractivity contribution in [1.29, 1.82) is 0 Å². The molecule has 0 atom stereocenters. The van der Waals surface area contributed by atoms with Gasteiger partial charge in [0, 0.05) is 23.3 Å². The summed E-state index contributed by atoms with van der Waals surface area (Å²) in [4.78, 5) is 19.3. The number of pyridine rings is 1. The normalized spacial score (nSPS) is 10.8. The van der Waals surface area contributed by atoms with E-state index >= 15 is 0 Å². The van der Waals surface area contributed by atoms with Gasteiger partial charge in [-0.25, -0.2) is 9.37 Å². The Morgan fingerprint density at radius 2 is 2.05 bits per heavy atom. The monoisotopic (exact) mass is 274 g/mol. The second-order valence-corrected chi connectivity index (χ2v) is 4.50. The predicted molar refractivity (Wildman–Crippen MR) is 70.9 cm³/mol. The van der Waals surface area contributed by atoms with E-state index < -0.39 is 11.6 Å². The molecule has 0 saturated heterocycles.